The third kappa shape index (κ3) is 2.54. The SMILES string of the molecule is Fc1ccccc1C[C@H](CS)c1nc2ccncc2[nH]1. The van der Waals surface area contributed by atoms with Gasteiger partial charge in [0.2, 0.25) is 0 Å². The molecule has 0 saturated heterocycles. The summed E-state index contributed by atoms with van der Waals surface area (Å²) in [6.07, 6.45) is 4.02. The fraction of sp³-hybridized carbons (Fsp3) is 0.200. The van der Waals surface area contributed by atoms with E-state index < -0.39 is 0 Å². The van der Waals surface area contributed by atoms with Crippen LogP contribution in [-0.4, -0.2) is 20.7 Å². The molecule has 0 saturated carbocycles. The molecule has 3 aromatic rings. The van der Waals surface area contributed by atoms with Gasteiger partial charge < -0.3 is 4.98 Å². The minimum Gasteiger partial charge on any atom is -0.340 e. The van der Waals surface area contributed by atoms with Crippen LogP contribution in [0.5, 0.6) is 0 Å². The molecule has 0 radical (unpaired) electrons. The normalized spacial score (nSPS) is 12.7. The van der Waals surface area contributed by atoms with Gasteiger partial charge in [-0.2, -0.15) is 12.6 Å². The standard InChI is InChI=1S/C15H14FN3S/c16-12-4-2-1-3-10(12)7-11(9-20)15-18-13-5-6-17-8-14(13)19-15/h1-6,8,11,20H,7,9H2,(H,18,19)/t11-/m1/s1. The number of H-pyrrole nitrogens is 1. The van der Waals surface area contributed by atoms with Crippen LogP contribution in [0.1, 0.15) is 17.3 Å². The van der Waals surface area contributed by atoms with Gasteiger partial charge in [0, 0.05) is 17.9 Å². The molecule has 1 N–H and O–H groups in total. The van der Waals surface area contributed by atoms with Crippen molar-refractivity contribution >= 4 is 23.7 Å². The predicted octanol–water partition coefficient (Wildman–Crippen LogP) is 3.35. The van der Waals surface area contributed by atoms with Crippen LogP contribution in [0.15, 0.2) is 42.7 Å². The second-order valence-electron chi connectivity index (χ2n) is 4.69. The van der Waals surface area contributed by atoms with Gasteiger partial charge in [0.25, 0.3) is 0 Å². The average Bonchev–Trinajstić information content (AvgIpc) is 2.90. The number of benzene rings is 1. The molecule has 20 heavy (non-hydrogen) atoms. The number of halogens is 1. The van der Waals surface area contributed by atoms with Gasteiger partial charge in [-0.1, -0.05) is 18.2 Å². The Morgan fingerprint density at radius 2 is 2.10 bits per heavy atom. The molecule has 102 valence electrons. The molecule has 3 nitrogen and oxygen atoms in total. The molecule has 1 aromatic carbocycles. The summed E-state index contributed by atoms with van der Waals surface area (Å²) in [6, 6.07) is 8.68. The minimum absolute atomic E-state index is 0.0441. The Morgan fingerprint density at radius 3 is 2.85 bits per heavy atom. The van der Waals surface area contributed by atoms with E-state index in [1.807, 2.05) is 12.1 Å². The maximum atomic E-state index is 13.7. The number of pyridine rings is 1. The summed E-state index contributed by atoms with van der Waals surface area (Å²) < 4.78 is 13.7. The first-order valence-corrected chi connectivity index (χ1v) is 7.05. The molecule has 0 unspecified atom stereocenters. The van der Waals surface area contributed by atoms with Crippen molar-refractivity contribution in [1.29, 1.82) is 0 Å². The number of hydrogen-bond acceptors (Lipinski definition) is 3. The number of aromatic amines is 1. The summed E-state index contributed by atoms with van der Waals surface area (Å²) in [4.78, 5) is 11.8. The van der Waals surface area contributed by atoms with E-state index in [1.165, 1.54) is 6.07 Å². The van der Waals surface area contributed by atoms with Crippen LogP contribution in [0.25, 0.3) is 11.0 Å². The van der Waals surface area contributed by atoms with Crippen molar-refractivity contribution in [3.8, 4) is 0 Å². The van der Waals surface area contributed by atoms with Crippen LogP contribution in [0.2, 0.25) is 0 Å². The number of nitrogens with one attached hydrogen (secondary N) is 1. The van der Waals surface area contributed by atoms with E-state index in [-0.39, 0.29) is 11.7 Å². The van der Waals surface area contributed by atoms with Crippen molar-refractivity contribution in [2.45, 2.75) is 12.3 Å². The van der Waals surface area contributed by atoms with Gasteiger partial charge in [0.05, 0.1) is 17.2 Å². The van der Waals surface area contributed by atoms with Gasteiger partial charge >= 0.3 is 0 Å². The van der Waals surface area contributed by atoms with E-state index in [9.17, 15) is 4.39 Å². The van der Waals surface area contributed by atoms with Crippen LogP contribution in [-0.2, 0) is 6.42 Å². The molecule has 5 heteroatoms. The first-order chi connectivity index (χ1) is 9.78. The number of imidazole rings is 1. The highest BCUT2D eigenvalue weighted by Crippen LogP contribution is 2.23. The summed E-state index contributed by atoms with van der Waals surface area (Å²) in [6.45, 7) is 0. The molecule has 3 rings (SSSR count). The highest BCUT2D eigenvalue weighted by atomic mass is 32.1. The van der Waals surface area contributed by atoms with Crippen LogP contribution in [0.4, 0.5) is 4.39 Å². The van der Waals surface area contributed by atoms with Crippen LogP contribution in [0, 0.1) is 5.82 Å². The molecule has 0 aliphatic heterocycles. The van der Waals surface area contributed by atoms with Crippen molar-refractivity contribution in [1.82, 2.24) is 15.0 Å². The van der Waals surface area contributed by atoms with Crippen LogP contribution >= 0.6 is 12.6 Å². The summed E-state index contributed by atoms with van der Waals surface area (Å²) in [5.74, 6) is 1.28. The quantitative estimate of drug-likeness (QED) is 0.723. The fourth-order valence-electron chi connectivity index (χ4n) is 2.25. The van der Waals surface area contributed by atoms with Gasteiger partial charge in [-0.3, -0.25) is 4.98 Å². The number of hydrogen-bond donors (Lipinski definition) is 2. The predicted molar refractivity (Wildman–Crippen MR) is 80.6 cm³/mol. The number of nitrogens with zero attached hydrogens (tertiary/aromatic N) is 2. The third-order valence-corrected chi connectivity index (χ3v) is 3.77. The third-order valence-electron chi connectivity index (χ3n) is 3.33. The molecule has 0 bridgehead atoms. The summed E-state index contributed by atoms with van der Waals surface area (Å²) >= 11 is 4.38. The van der Waals surface area contributed by atoms with Gasteiger partial charge in [-0.25, -0.2) is 9.37 Å². The second-order valence-corrected chi connectivity index (χ2v) is 5.06. The lowest BCUT2D eigenvalue weighted by molar-refractivity contribution is 0.595. The van der Waals surface area contributed by atoms with Crippen LogP contribution in [0.3, 0.4) is 0 Å². The Morgan fingerprint density at radius 1 is 1.25 bits per heavy atom. The zero-order chi connectivity index (χ0) is 13.9. The lowest BCUT2D eigenvalue weighted by Gasteiger charge is -2.12. The van der Waals surface area contributed by atoms with E-state index in [0.717, 1.165) is 16.9 Å². The average molecular weight is 287 g/mol. The number of aromatic nitrogens is 3. The number of fused-ring (bicyclic) bond motifs is 1. The van der Waals surface area contributed by atoms with E-state index in [4.69, 9.17) is 0 Å². The molecule has 0 aliphatic carbocycles. The van der Waals surface area contributed by atoms with E-state index in [1.54, 1.807) is 24.5 Å². The topological polar surface area (TPSA) is 41.6 Å². The second kappa shape index (κ2) is 5.63. The van der Waals surface area contributed by atoms with E-state index in [2.05, 4.69) is 27.6 Å². The summed E-state index contributed by atoms with van der Waals surface area (Å²) in [7, 11) is 0. The summed E-state index contributed by atoms with van der Waals surface area (Å²) in [5, 5.41) is 0. The summed E-state index contributed by atoms with van der Waals surface area (Å²) in [5.41, 5.74) is 2.45. The molecule has 2 heterocycles. The molecular formula is C15H14FN3S. The van der Waals surface area contributed by atoms with E-state index >= 15 is 0 Å². The first-order valence-electron chi connectivity index (χ1n) is 6.42. The van der Waals surface area contributed by atoms with Gasteiger partial charge in [0.1, 0.15) is 11.6 Å². The Hall–Kier alpha value is -1.88. The molecule has 0 amide bonds. The van der Waals surface area contributed by atoms with Crippen molar-refractivity contribution in [3.05, 3.63) is 59.9 Å². The highest BCUT2D eigenvalue weighted by molar-refractivity contribution is 7.80. The van der Waals surface area contributed by atoms with Crippen molar-refractivity contribution < 1.29 is 4.39 Å². The maximum absolute atomic E-state index is 13.7. The monoisotopic (exact) mass is 287 g/mol. The Labute approximate surface area is 121 Å². The number of thiol groups is 1. The lowest BCUT2D eigenvalue weighted by atomic mass is 10.00. The molecule has 0 aliphatic rings. The Bertz CT molecular complexity index is 693. The van der Waals surface area contributed by atoms with Crippen LogP contribution < -0.4 is 0 Å². The highest BCUT2D eigenvalue weighted by Gasteiger charge is 2.16. The minimum atomic E-state index is -0.183. The molecule has 2 aromatic heterocycles. The largest absolute Gasteiger partial charge is 0.340 e. The lowest BCUT2D eigenvalue weighted by Crippen LogP contribution is -2.08. The van der Waals surface area contributed by atoms with Gasteiger partial charge in [-0.05, 0) is 24.1 Å². The smallest absolute Gasteiger partial charge is 0.126 e. The van der Waals surface area contributed by atoms with Gasteiger partial charge in [0.15, 0.2) is 0 Å². The molecule has 0 spiro atoms. The zero-order valence-electron chi connectivity index (χ0n) is 10.8. The molecule has 0 fully saturated rings. The maximum Gasteiger partial charge on any atom is 0.126 e. The van der Waals surface area contributed by atoms with Crippen molar-refractivity contribution in [2.75, 3.05) is 5.75 Å². The Balaban J connectivity index is 1.91. The molecule has 1 atom stereocenters. The fourth-order valence-corrected chi connectivity index (χ4v) is 2.55. The zero-order valence-corrected chi connectivity index (χ0v) is 11.6. The van der Waals surface area contributed by atoms with Crippen molar-refractivity contribution in [3.63, 3.8) is 0 Å². The Kier molecular flexibility index (Phi) is 3.69. The first kappa shape index (κ1) is 13.1. The van der Waals surface area contributed by atoms with Crippen molar-refractivity contribution in [2.24, 2.45) is 0 Å². The van der Waals surface area contributed by atoms with Gasteiger partial charge in [-0.15, -0.1) is 0 Å². The number of rotatable bonds is 4. The molecular weight excluding hydrogens is 273 g/mol. The van der Waals surface area contributed by atoms with E-state index in [0.29, 0.717) is 17.7 Å².